The second-order valence-corrected chi connectivity index (χ2v) is 6.78. The molecule has 0 atom stereocenters. The van der Waals surface area contributed by atoms with Crippen molar-refractivity contribution < 1.29 is 0 Å². The van der Waals surface area contributed by atoms with Crippen LogP contribution in [-0.4, -0.2) is 58.3 Å². The summed E-state index contributed by atoms with van der Waals surface area (Å²) in [6.45, 7) is 10.6. The minimum absolute atomic E-state index is 0.796. The van der Waals surface area contributed by atoms with Gasteiger partial charge in [0.25, 0.3) is 0 Å². The average molecular weight is 370 g/mol. The zero-order valence-corrected chi connectivity index (χ0v) is 16.5. The molecule has 146 valence electrons. The normalized spacial score (nSPS) is 14.8. The molecule has 0 spiro atoms. The van der Waals surface area contributed by atoms with Gasteiger partial charge in [0.2, 0.25) is 0 Å². The molecule has 1 aliphatic heterocycles. The Morgan fingerprint density at radius 2 is 2.00 bits per heavy atom. The van der Waals surface area contributed by atoms with Crippen LogP contribution in [0.4, 0.5) is 0 Å². The monoisotopic (exact) mass is 369 g/mol. The van der Waals surface area contributed by atoms with Crippen LogP contribution >= 0.6 is 0 Å². The van der Waals surface area contributed by atoms with E-state index in [1.54, 1.807) is 6.33 Å². The van der Waals surface area contributed by atoms with Gasteiger partial charge in [-0.05, 0) is 24.5 Å². The highest BCUT2D eigenvalue weighted by atomic mass is 15.3. The second kappa shape index (κ2) is 10.1. The summed E-state index contributed by atoms with van der Waals surface area (Å²) < 4.78 is 2.09. The van der Waals surface area contributed by atoms with E-state index in [1.165, 1.54) is 11.1 Å². The van der Waals surface area contributed by atoms with Crippen molar-refractivity contribution in [1.82, 2.24) is 30.3 Å². The first-order chi connectivity index (χ1) is 13.3. The molecule has 0 fully saturated rings. The number of benzene rings is 1. The van der Waals surface area contributed by atoms with E-state index in [9.17, 15) is 0 Å². The van der Waals surface area contributed by atoms with Crippen LogP contribution in [0.1, 0.15) is 30.8 Å². The Morgan fingerprint density at radius 1 is 1.15 bits per heavy atom. The van der Waals surface area contributed by atoms with Crippen LogP contribution in [-0.2, 0) is 25.9 Å². The van der Waals surface area contributed by atoms with Gasteiger partial charge in [0.1, 0.15) is 12.2 Å². The predicted octanol–water partition coefficient (Wildman–Crippen LogP) is 1.45. The lowest BCUT2D eigenvalue weighted by molar-refractivity contribution is 0.261. The molecule has 2 aromatic rings. The number of hydrogen-bond donors (Lipinski definition) is 2. The third-order valence-electron chi connectivity index (χ3n) is 4.90. The van der Waals surface area contributed by atoms with E-state index in [-0.39, 0.29) is 0 Å². The smallest absolute Gasteiger partial charge is 0.191 e. The molecule has 0 radical (unpaired) electrons. The Bertz CT molecular complexity index is 737. The first-order valence-corrected chi connectivity index (χ1v) is 9.98. The molecule has 7 nitrogen and oxygen atoms in total. The summed E-state index contributed by atoms with van der Waals surface area (Å²) >= 11 is 0. The van der Waals surface area contributed by atoms with Gasteiger partial charge in [0, 0.05) is 45.7 Å². The Hall–Kier alpha value is -2.41. The molecule has 0 aliphatic carbocycles. The molecule has 1 aromatic carbocycles. The van der Waals surface area contributed by atoms with Gasteiger partial charge in [-0.25, -0.2) is 0 Å². The van der Waals surface area contributed by atoms with Gasteiger partial charge in [0.15, 0.2) is 5.96 Å². The highest BCUT2D eigenvalue weighted by molar-refractivity contribution is 5.79. The topological polar surface area (TPSA) is 70.4 Å². The lowest BCUT2D eigenvalue weighted by Gasteiger charge is -2.28. The second-order valence-electron chi connectivity index (χ2n) is 6.78. The van der Waals surface area contributed by atoms with Gasteiger partial charge >= 0.3 is 0 Å². The molecule has 7 heteroatoms. The first-order valence-electron chi connectivity index (χ1n) is 9.98. The number of aryl methyl sites for hydroxylation is 1. The predicted molar refractivity (Wildman–Crippen MR) is 109 cm³/mol. The number of aliphatic imine (C=N–C) groups is 1. The zero-order valence-electron chi connectivity index (χ0n) is 16.5. The highest BCUT2D eigenvalue weighted by Gasteiger charge is 2.14. The molecule has 1 aromatic heterocycles. The molecule has 0 saturated heterocycles. The molecular formula is C20H31N7. The van der Waals surface area contributed by atoms with E-state index in [4.69, 9.17) is 4.99 Å². The van der Waals surface area contributed by atoms with Crippen LogP contribution in [0.3, 0.4) is 0 Å². The Balaban J connectivity index is 1.45. The van der Waals surface area contributed by atoms with Crippen LogP contribution in [0.2, 0.25) is 0 Å². The van der Waals surface area contributed by atoms with E-state index in [0.29, 0.717) is 0 Å². The van der Waals surface area contributed by atoms with Crippen molar-refractivity contribution in [2.24, 2.45) is 4.99 Å². The number of rotatable bonds is 8. The minimum atomic E-state index is 0.796. The quantitative estimate of drug-likeness (QED) is 0.544. The molecule has 3 rings (SSSR count). The van der Waals surface area contributed by atoms with E-state index in [0.717, 1.165) is 70.4 Å². The fourth-order valence-corrected chi connectivity index (χ4v) is 3.42. The van der Waals surface area contributed by atoms with Crippen molar-refractivity contribution in [3.8, 4) is 0 Å². The van der Waals surface area contributed by atoms with Crippen molar-refractivity contribution in [2.45, 2.75) is 39.8 Å². The van der Waals surface area contributed by atoms with Crippen LogP contribution < -0.4 is 10.6 Å². The number of nitrogens with zero attached hydrogens (tertiary/aromatic N) is 5. The van der Waals surface area contributed by atoms with Crippen molar-refractivity contribution in [1.29, 1.82) is 0 Å². The summed E-state index contributed by atoms with van der Waals surface area (Å²) in [6.07, 6.45) is 3.82. The van der Waals surface area contributed by atoms with Crippen LogP contribution in [0.25, 0.3) is 0 Å². The third kappa shape index (κ3) is 5.53. The van der Waals surface area contributed by atoms with E-state index >= 15 is 0 Å². The van der Waals surface area contributed by atoms with Crippen LogP contribution in [0.5, 0.6) is 0 Å². The van der Waals surface area contributed by atoms with Crippen molar-refractivity contribution in [3.05, 3.63) is 47.5 Å². The van der Waals surface area contributed by atoms with Crippen molar-refractivity contribution >= 4 is 5.96 Å². The summed E-state index contributed by atoms with van der Waals surface area (Å²) in [5.41, 5.74) is 2.95. The highest BCUT2D eigenvalue weighted by Crippen LogP contribution is 2.17. The number of guanidine groups is 1. The van der Waals surface area contributed by atoms with Gasteiger partial charge in [-0.1, -0.05) is 31.2 Å². The fourth-order valence-electron chi connectivity index (χ4n) is 3.42. The molecule has 0 unspecified atom stereocenters. The summed E-state index contributed by atoms with van der Waals surface area (Å²) in [7, 11) is 0. The maximum absolute atomic E-state index is 4.74. The maximum atomic E-state index is 4.74. The Morgan fingerprint density at radius 3 is 2.81 bits per heavy atom. The van der Waals surface area contributed by atoms with E-state index < -0.39 is 0 Å². The van der Waals surface area contributed by atoms with Gasteiger partial charge in [-0.3, -0.25) is 9.89 Å². The first kappa shape index (κ1) is 19.4. The zero-order chi connectivity index (χ0) is 18.9. The number of nitrogens with one attached hydrogen (secondary N) is 2. The molecule has 1 aliphatic rings. The lowest BCUT2D eigenvalue weighted by atomic mass is 10.0. The molecule has 27 heavy (non-hydrogen) atoms. The maximum Gasteiger partial charge on any atom is 0.191 e. The minimum Gasteiger partial charge on any atom is -0.357 e. The molecule has 0 bridgehead atoms. The van der Waals surface area contributed by atoms with Gasteiger partial charge in [-0.15, -0.1) is 10.2 Å². The Labute approximate surface area is 161 Å². The largest absolute Gasteiger partial charge is 0.357 e. The van der Waals surface area contributed by atoms with E-state index in [1.807, 2.05) is 0 Å². The standard InChI is InChI=1S/C20H31N7/c1-3-19-25-24-16-27(19)14-11-23-20(21-4-2)22-10-13-26-12-9-17-7-5-6-8-18(17)15-26/h5-8,16H,3-4,9-15H2,1-2H3,(H2,21,22,23). The molecule has 2 N–H and O–H groups in total. The SMILES string of the molecule is CCNC(=NCCN1CCc2ccccc2C1)NCCn1cnnc1CC. The molecule has 2 heterocycles. The number of hydrogen-bond acceptors (Lipinski definition) is 4. The van der Waals surface area contributed by atoms with E-state index in [2.05, 4.69) is 68.4 Å². The van der Waals surface area contributed by atoms with Gasteiger partial charge in [0.05, 0.1) is 6.54 Å². The summed E-state index contributed by atoms with van der Waals surface area (Å²) in [5, 5.41) is 14.8. The third-order valence-corrected chi connectivity index (χ3v) is 4.90. The van der Waals surface area contributed by atoms with Crippen LogP contribution in [0, 0.1) is 0 Å². The number of fused-ring (bicyclic) bond motifs is 1. The molecule has 0 amide bonds. The molecular weight excluding hydrogens is 338 g/mol. The average Bonchev–Trinajstić information content (AvgIpc) is 3.15. The number of aromatic nitrogens is 3. The van der Waals surface area contributed by atoms with Gasteiger partial charge < -0.3 is 15.2 Å². The Kier molecular flexibility index (Phi) is 7.21. The summed E-state index contributed by atoms with van der Waals surface area (Å²) in [5.74, 6) is 1.89. The molecule has 0 saturated carbocycles. The fraction of sp³-hybridized carbons (Fsp3) is 0.550. The summed E-state index contributed by atoms with van der Waals surface area (Å²) in [4.78, 5) is 7.22. The lowest BCUT2D eigenvalue weighted by Crippen LogP contribution is -2.40. The van der Waals surface area contributed by atoms with Gasteiger partial charge in [-0.2, -0.15) is 0 Å². The van der Waals surface area contributed by atoms with Crippen molar-refractivity contribution in [3.63, 3.8) is 0 Å². The summed E-state index contributed by atoms with van der Waals surface area (Å²) in [6, 6.07) is 8.76. The van der Waals surface area contributed by atoms with Crippen molar-refractivity contribution in [2.75, 3.05) is 32.7 Å². The van der Waals surface area contributed by atoms with Crippen LogP contribution in [0.15, 0.2) is 35.6 Å².